The maximum atomic E-state index is 4.65. The molecule has 1 saturated heterocycles. The summed E-state index contributed by atoms with van der Waals surface area (Å²) in [7, 11) is 0. The number of aromatic nitrogens is 1. The number of hydrogen-bond acceptors (Lipinski definition) is 3. The molecule has 1 atom stereocenters. The van der Waals surface area contributed by atoms with Crippen molar-refractivity contribution >= 4 is 5.69 Å². The van der Waals surface area contributed by atoms with Gasteiger partial charge in [-0.25, -0.2) is 0 Å². The van der Waals surface area contributed by atoms with Gasteiger partial charge in [0, 0.05) is 30.4 Å². The summed E-state index contributed by atoms with van der Waals surface area (Å²) in [6.07, 6.45) is 6.81. The molecule has 1 unspecified atom stereocenters. The average Bonchev–Trinajstić information content (AvgIpc) is 2.43. The molecule has 1 aromatic rings. The fourth-order valence-electron chi connectivity index (χ4n) is 3.88. The second kappa shape index (κ2) is 5.36. The van der Waals surface area contributed by atoms with Crippen LogP contribution >= 0.6 is 0 Å². The van der Waals surface area contributed by atoms with Crippen LogP contribution < -0.4 is 10.2 Å². The lowest BCUT2D eigenvalue weighted by atomic mass is 9.79. The summed E-state index contributed by atoms with van der Waals surface area (Å²) in [4.78, 5) is 7.24. The molecule has 3 rings (SSSR count). The van der Waals surface area contributed by atoms with Crippen molar-refractivity contribution in [2.24, 2.45) is 0 Å². The first-order valence-corrected chi connectivity index (χ1v) is 8.06. The monoisotopic (exact) mass is 273 g/mol. The molecule has 0 bridgehead atoms. The van der Waals surface area contributed by atoms with Crippen molar-refractivity contribution < 1.29 is 0 Å². The topological polar surface area (TPSA) is 28.2 Å². The Bertz CT molecular complexity index is 477. The maximum Gasteiger partial charge on any atom is 0.0609 e. The molecule has 2 heterocycles. The lowest BCUT2D eigenvalue weighted by Crippen LogP contribution is -2.64. The summed E-state index contributed by atoms with van der Waals surface area (Å²) in [5.74, 6) is 0. The predicted molar refractivity (Wildman–Crippen MR) is 84.3 cm³/mol. The molecule has 1 spiro atoms. The second-order valence-electron chi connectivity index (χ2n) is 6.76. The van der Waals surface area contributed by atoms with Crippen molar-refractivity contribution in [2.75, 3.05) is 18.0 Å². The molecule has 2 aliphatic rings. The van der Waals surface area contributed by atoms with E-state index in [2.05, 4.69) is 48.1 Å². The third-order valence-corrected chi connectivity index (χ3v) is 5.09. The van der Waals surface area contributed by atoms with Gasteiger partial charge in [-0.2, -0.15) is 0 Å². The van der Waals surface area contributed by atoms with E-state index in [1.807, 2.05) is 0 Å². The molecule has 0 amide bonds. The first kappa shape index (κ1) is 13.9. The first-order valence-electron chi connectivity index (χ1n) is 8.06. The van der Waals surface area contributed by atoms with Crippen LogP contribution in [0.4, 0.5) is 5.69 Å². The van der Waals surface area contributed by atoms with Gasteiger partial charge in [0.2, 0.25) is 0 Å². The lowest BCUT2D eigenvalue weighted by Gasteiger charge is -2.50. The second-order valence-corrected chi connectivity index (χ2v) is 6.76. The maximum absolute atomic E-state index is 4.65. The molecule has 3 nitrogen and oxygen atoms in total. The van der Waals surface area contributed by atoms with Crippen LogP contribution in [0.1, 0.15) is 50.4 Å². The normalized spacial score (nSPS) is 25.9. The summed E-state index contributed by atoms with van der Waals surface area (Å²) in [6, 6.07) is 4.95. The zero-order valence-electron chi connectivity index (χ0n) is 13.1. The van der Waals surface area contributed by atoms with Gasteiger partial charge in [0.15, 0.2) is 0 Å². The van der Waals surface area contributed by atoms with Crippen LogP contribution in [-0.2, 0) is 0 Å². The first-order chi connectivity index (χ1) is 9.60. The SMILES string of the molecule is Cc1ccc(N2CC3(CCCCC3)NCC2C)c(C)n1. The predicted octanol–water partition coefficient (Wildman–Crippen LogP) is 3.20. The lowest BCUT2D eigenvalue weighted by molar-refractivity contribution is 0.200. The van der Waals surface area contributed by atoms with Gasteiger partial charge in [0.1, 0.15) is 0 Å². The Kier molecular flexibility index (Phi) is 3.72. The Morgan fingerprint density at radius 3 is 2.65 bits per heavy atom. The highest BCUT2D eigenvalue weighted by Gasteiger charge is 2.39. The quantitative estimate of drug-likeness (QED) is 0.851. The van der Waals surface area contributed by atoms with Crippen molar-refractivity contribution in [3.63, 3.8) is 0 Å². The van der Waals surface area contributed by atoms with E-state index in [0.29, 0.717) is 11.6 Å². The average molecular weight is 273 g/mol. The van der Waals surface area contributed by atoms with Gasteiger partial charge in [-0.1, -0.05) is 19.3 Å². The van der Waals surface area contributed by atoms with Gasteiger partial charge in [-0.15, -0.1) is 0 Å². The Morgan fingerprint density at radius 1 is 1.20 bits per heavy atom. The van der Waals surface area contributed by atoms with Crippen LogP contribution in [0.25, 0.3) is 0 Å². The summed E-state index contributed by atoms with van der Waals surface area (Å²) in [5.41, 5.74) is 3.96. The zero-order valence-corrected chi connectivity index (χ0v) is 13.1. The zero-order chi connectivity index (χ0) is 14.2. The highest BCUT2D eigenvalue weighted by Crippen LogP contribution is 2.34. The molecule has 1 aliphatic heterocycles. The molecule has 1 saturated carbocycles. The van der Waals surface area contributed by atoms with Crippen LogP contribution in [0.3, 0.4) is 0 Å². The number of anilines is 1. The minimum atomic E-state index is 0.349. The third kappa shape index (κ3) is 2.56. The summed E-state index contributed by atoms with van der Waals surface area (Å²) < 4.78 is 0. The summed E-state index contributed by atoms with van der Waals surface area (Å²) >= 11 is 0. The van der Waals surface area contributed by atoms with Crippen molar-refractivity contribution in [3.05, 3.63) is 23.5 Å². The number of nitrogens with zero attached hydrogens (tertiary/aromatic N) is 2. The van der Waals surface area contributed by atoms with Gasteiger partial charge in [0.25, 0.3) is 0 Å². The van der Waals surface area contributed by atoms with E-state index >= 15 is 0 Å². The molecule has 20 heavy (non-hydrogen) atoms. The molecule has 0 aromatic carbocycles. The summed E-state index contributed by atoms with van der Waals surface area (Å²) in [6.45, 7) is 8.76. The fourth-order valence-corrected chi connectivity index (χ4v) is 3.88. The molecule has 2 fully saturated rings. The fraction of sp³-hybridized carbons (Fsp3) is 0.706. The number of hydrogen-bond donors (Lipinski definition) is 1. The van der Waals surface area contributed by atoms with Gasteiger partial charge >= 0.3 is 0 Å². The Labute approximate surface area is 122 Å². The minimum Gasteiger partial charge on any atom is -0.364 e. The van der Waals surface area contributed by atoms with Gasteiger partial charge in [-0.05, 0) is 45.7 Å². The largest absolute Gasteiger partial charge is 0.364 e. The molecule has 110 valence electrons. The molecular formula is C17H27N3. The standard InChI is InChI=1S/C17H27N3/c1-13-7-8-16(15(3)19-13)20-12-17(18-11-14(20)2)9-5-4-6-10-17/h7-8,14,18H,4-6,9-12H2,1-3H3. The van der Waals surface area contributed by atoms with Crippen LogP contribution in [0.2, 0.25) is 0 Å². The Balaban J connectivity index is 1.86. The van der Waals surface area contributed by atoms with Crippen LogP contribution in [-0.4, -0.2) is 29.7 Å². The molecule has 1 aliphatic carbocycles. The molecule has 1 N–H and O–H groups in total. The summed E-state index contributed by atoms with van der Waals surface area (Å²) in [5, 5.41) is 3.85. The number of pyridine rings is 1. The van der Waals surface area contributed by atoms with Gasteiger partial charge in [-0.3, -0.25) is 4.98 Å². The Hall–Kier alpha value is -1.09. The Morgan fingerprint density at radius 2 is 1.95 bits per heavy atom. The number of rotatable bonds is 1. The van der Waals surface area contributed by atoms with E-state index in [4.69, 9.17) is 0 Å². The van der Waals surface area contributed by atoms with E-state index < -0.39 is 0 Å². The van der Waals surface area contributed by atoms with E-state index in [1.54, 1.807) is 0 Å². The molecular weight excluding hydrogens is 246 g/mol. The van der Waals surface area contributed by atoms with Crippen molar-refractivity contribution in [1.82, 2.24) is 10.3 Å². The van der Waals surface area contributed by atoms with E-state index in [0.717, 1.165) is 18.8 Å². The van der Waals surface area contributed by atoms with Crippen molar-refractivity contribution in [1.29, 1.82) is 0 Å². The number of nitrogens with one attached hydrogen (secondary N) is 1. The van der Waals surface area contributed by atoms with Crippen molar-refractivity contribution in [2.45, 2.75) is 64.5 Å². The number of aryl methyl sites for hydroxylation is 2. The van der Waals surface area contributed by atoms with Crippen LogP contribution in [0.15, 0.2) is 12.1 Å². The molecule has 1 aromatic heterocycles. The van der Waals surface area contributed by atoms with E-state index in [9.17, 15) is 0 Å². The van der Waals surface area contributed by atoms with Crippen molar-refractivity contribution in [3.8, 4) is 0 Å². The highest BCUT2D eigenvalue weighted by atomic mass is 15.3. The number of piperazine rings is 1. The van der Waals surface area contributed by atoms with Crippen LogP contribution in [0, 0.1) is 13.8 Å². The van der Waals surface area contributed by atoms with E-state index in [-0.39, 0.29) is 0 Å². The third-order valence-electron chi connectivity index (χ3n) is 5.09. The molecule has 3 heteroatoms. The molecule has 0 radical (unpaired) electrons. The van der Waals surface area contributed by atoms with Crippen LogP contribution in [0.5, 0.6) is 0 Å². The van der Waals surface area contributed by atoms with Gasteiger partial charge < -0.3 is 10.2 Å². The smallest absolute Gasteiger partial charge is 0.0609 e. The highest BCUT2D eigenvalue weighted by molar-refractivity contribution is 5.52. The van der Waals surface area contributed by atoms with Gasteiger partial charge in [0.05, 0.1) is 11.4 Å². The van der Waals surface area contributed by atoms with E-state index in [1.165, 1.54) is 43.5 Å². The minimum absolute atomic E-state index is 0.349.